The first-order valence-corrected chi connectivity index (χ1v) is 11.6. The summed E-state index contributed by atoms with van der Waals surface area (Å²) in [5.41, 5.74) is 2.04. The van der Waals surface area contributed by atoms with Crippen LogP contribution >= 0.6 is 11.3 Å². The highest BCUT2D eigenvalue weighted by Crippen LogP contribution is 2.44. The summed E-state index contributed by atoms with van der Waals surface area (Å²) in [5.74, 6) is -0.897. The fourth-order valence-electron chi connectivity index (χ4n) is 3.82. The number of ether oxygens (including phenoxy) is 4. The lowest BCUT2D eigenvalue weighted by atomic mass is 10.1. The topological polar surface area (TPSA) is 112 Å². The molecule has 0 fully saturated rings. The van der Waals surface area contributed by atoms with Gasteiger partial charge in [0.1, 0.15) is 10.6 Å². The van der Waals surface area contributed by atoms with Crippen molar-refractivity contribution in [1.29, 1.82) is 0 Å². The van der Waals surface area contributed by atoms with Gasteiger partial charge < -0.3 is 29.6 Å². The monoisotopic (exact) mass is 496 g/mol. The van der Waals surface area contributed by atoms with Gasteiger partial charge in [0.15, 0.2) is 11.5 Å². The summed E-state index contributed by atoms with van der Waals surface area (Å²) < 4.78 is 21.4. The van der Waals surface area contributed by atoms with Crippen LogP contribution in [0.1, 0.15) is 54.7 Å². The molecule has 4 rings (SSSR count). The van der Waals surface area contributed by atoms with Crippen LogP contribution in [0.2, 0.25) is 0 Å². The number of esters is 2. The smallest absolute Gasteiger partial charge is 0.344 e. The van der Waals surface area contributed by atoms with Crippen LogP contribution in [0.25, 0.3) is 0 Å². The molecule has 1 aliphatic rings. The third-order valence-electron chi connectivity index (χ3n) is 5.42. The second-order valence-electron chi connectivity index (χ2n) is 7.50. The number of hydrogen-bond donors (Lipinski definition) is 2. The maximum atomic E-state index is 13.0. The van der Waals surface area contributed by atoms with Gasteiger partial charge in [-0.25, -0.2) is 9.59 Å². The van der Waals surface area contributed by atoms with Gasteiger partial charge in [0, 0.05) is 11.3 Å². The lowest BCUT2D eigenvalue weighted by Gasteiger charge is -2.15. The predicted molar refractivity (Wildman–Crippen MR) is 131 cm³/mol. The second-order valence-corrected chi connectivity index (χ2v) is 8.52. The Balaban J connectivity index is 1.71. The summed E-state index contributed by atoms with van der Waals surface area (Å²) in [4.78, 5) is 38.8. The van der Waals surface area contributed by atoms with E-state index in [1.54, 1.807) is 38.1 Å². The second kappa shape index (κ2) is 10.1. The van der Waals surface area contributed by atoms with Gasteiger partial charge in [0.05, 0.1) is 31.3 Å². The molecular weight excluding hydrogens is 472 g/mol. The van der Waals surface area contributed by atoms with Crippen LogP contribution in [0.5, 0.6) is 11.5 Å². The highest BCUT2D eigenvalue weighted by molar-refractivity contribution is 7.18. The Kier molecular flexibility index (Phi) is 6.92. The standard InChI is InChI=1S/C25H24N2O7S/c1-5-33-24(29)17-13(2)20(21(28)26-14-9-7-6-8-10-14)35-23(17)27-22-15-11-12-16(31-3)19(32-4)18(15)25(30)34-22/h6-12,22,27H,5H2,1-4H3,(H,26,28)/t22-/m0/s1. The number of anilines is 2. The molecule has 1 amide bonds. The van der Waals surface area contributed by atoms with Crippen LogP contribution in [0.4, 0.5) is 10.7 Å². The van der Waals surface area contributed by atoms with Gasteiger partial charge >= 0.3 is 11.9 Å². The first-order chi connectivity index (χ1) is 16.9. The number of thiophene rings is 1. The average molecular weight is 497 g/mol. The molecule has 0 saturated carbocycles. The van der Waals surface area contributed by atoms with Crippen LogP contribution in [0, 0.1) is 6.92 Å². The van der Waals surface area contributed by atoms with Crippen molar-refractivity contribution < 1.29 is 33.3 Å². The van der Waals surface area contributed by atoms with Gasteiger partial charge in [-0.2, -0.15) is 0 Å². The van der Waals surface area contributed by atoms with Crippen LogP contribution in [-0.2, 0) is 9.47 Å². The van der Waals surface area contributed by atoms with Crippen LogP contribution in [0.15, 0.2) is 42.5 Å². The van der Waals surface area contributed by atoms with Crippen LogP contribution in [0.3, 0.4) is 0 Å². The van der Waals surface area contributed by atoms with Crippen molar-refractivity contribution in [2.45, 2.75) is 20.1 Å². The molecule has 0 aliphatic carbocycles. The number of carbonyl (C=O) groups is 3. The molecule has 0 unspecified atom stereocenters. The van der Waals surface area contributed by atoms with Gasteiger partial charge in [-0.15, -0.1) is 11.3 Å². The molecule has 0 radical (unpaired) electrons. The first-order valence-electron chi connectivity index (χ1n) is 10.8. The van der Waals surface area contributed by atoms with Crippen LogP contribution < -0.4 is 20.1 Å². The highest BCUT2D eigenvalue weighted by Gasteiger charge is 2.37. The number of fused-ring (bicyclic) bond motifs is 1. The number of nitrogens with one attached hydrogen (secondary N) is 2. The largest absolute Gasteiger partial charge is 0.493 e. The van der Waals surface area contributed by atoms with Crippen molar-refractivity contribution in [2.75, 3.05) is 31.5 Å². The zero-order valence-corrected chi connectivity index (χ0v) is 20.4. The van der Waals surface area contributed by atoms with Gasteiger partial charge in [0.25, 0.3) is 5.91 Å². The molecule has 2 aromatic carbocycles. The van der Waals surface area contributed by atoms with E-state index in [0.29, 0.717) is 32.4 Å². The fourth-order valence-corrected chi connectivity index (χ4v) is 4.92. The third-order valence-corrected chi connectivity index (χ3v) is 6.64. The Morgan fingerprint density at radius 2 is 1.83 bits per heavy atom. The molecular formula is C25H24N2O7S. The summed E-state index contributed by atoms with van der Waals surface area (Å²) in [7, 11) is 2.91. The number of carbonyl (C=O) groups excluding carboxylic acids is 3. The molecule has 35 heavy (non-hydrogen) atoms. The average Bonchev–Trinajstić information content (AvgIpc) is 3.35. The van der Waals surface area contributed by atoms with Crippen molar-refractivity contribution in [1.82, 2.24) is 0 Å². The van der Waals surface area contributed by atoms with E-state index in [1.807, 2.05) is 18.2 Å². The lowest BCUT2D eigenvalue weighted by Crippen LogP contribution is -2.14. The van der Waals surface area contributed by atoms with E-state index in [1.165, 1.54) is 14.2 Å². The summed E-state index contributed by atoms with van der Waals surface area (Å²) in [6.45, 7) is 3.54. The number of hydrogen-bond acceptors (Lipinski definition) is 9. The Morgan fingerprint density at radius 1 is 1.09 bits per heavy atom. The maximum Gasteiger partial charge on any atom is 0.344 e. The Hall–Kier alpha value is -4.05. The van der Waals surface area contributed by atoms with Crippen molar-refractivity contribution in [2.24, 2.45) is 0 Å². The molecule has 1 aliphatic heterocycles. The Bertz CT molecular complexity index is 1290. The van der Waals surface area contributed by atoms with E-state index in [2.05, 4.69) is 10.6 Å². The van der Waals surface area contributed by atoms with E-state index < -0.39 is 18.2 Å². The molecule has 10 heteroatoms. The van der Waals surface area contributed by atoms with Gasteiger partial charge in [0.2, 0.25) is 6.23 Å². The quantitative estimate of drug-likeness (QED) is 0.429. The fraction of sp³-hybridized carbons (Fsp3) is 0.240. The molecule has 2 heterocycles. The molecule has 1 aromatic heterocycles. The van der Waals surface area contributed by atoms with Gasteiger partial charge in [-0.05, 0) is 43.7 Å². The van der Waals surface area contributed by atoms with E-state index in [9.17, 15) is 14.4 Å². The number of cyclic esters (lactones) is 1. The van der Waals surface area contributed by atoms with E-state index in [-0.39, 0.29) is 29.4 Å². The molecule has 3 aromatic rings. The Morgan fingerprint density at radius 3 is 2.49 bits per heavy atom. The SMILES string of the molecule is CCOC(=O)c1c(N[C@H]2OC(=O)c3c2ccc(OC)c3OC)sc(C(=O)Nc2ccccc2)c1C. The minimum Gasteiger partial charge on any atom is -0.493 e. The van der Waals surface area contributed by atoms with Crippen molar-refractivity contribution in [3.63, 3.8) is 0 Å². The van der Waals surface area contributed by atoms with Crippen LogP contribution in [-0.4, -0.2) is 38.7 Å². The van der Waals surface area contributed by atoms with Gasteiger partial charge in [-0.3, -0.25) is 4.79 Å². The van der Waals surface area contributed by atoms with Crippen molar-refractivity contribution >= 4 is 39.9 Å². The number of methoxy groups -OCH3 is 2. The molecule has 0 bridgehead atoms. The van der Waals surface area contributed by atoms with Crippen molar-refractivity contribution in [3.05, 3.63) is 69.6 Å². The van der Waals surface area contributed by atoms with E-state index in [0.717, 1.165) is 11.3 Å². The number of benzene rings is 2. The summed E-state index contributed by atoms with van der Waals surface area (Å²) in [5, 5.41) is 6.28. The molecule has 182 valence electrons. The first kappa shape index (κ1) is 24.1. The van der Waals surface area contributed by atoms with Gasteiger partial charge in [-0.1, -0.05) is 18.2 Å². The lowest BCUT2D eigenvalue weighted by molar-refractivity contribution is 0.0435. The van der Waals surface area contributed by atoms with Crippen molar-refractivity contribution in [3.8, 4) is 11.5 Å². The predicted octanol–water partition coefficient (Wildman–Crippen LogP) is 4.78. The molecule has 0 saturated heterocycles. The number of rotatable bonds is 8. The molecule has 9 nitrogen and oxygen atoms in total. The number of amides is 1. The normalized spacial score (nSPS) is 14.1. The number of para-hydroxylation sites is 1. The summed E-state index contributed by atoms with van der Waals surface area (Å²) >= 11 is 1.08. The molecule has 2 N–H and O–H groups in total. The Labute approximate surface area is 206 Å². The molecule has 0 spiro atoms. The highest BCUT2D eigenvalue weighted by atomic mass is 32.1. The minimum absolute atomic E-state index is 0.164. The van der Waals surface area contributed by atoms with E-state index in [4.69, 9.17) is 18.9 Å². The summed E-state index contributed by atoms with van der Waals surface area (Å²) in [6.07, 6.45) is -0.909. The third kappa shape index (κ3) is 4.52. The van der Waals surface area contributed by atoms with E-state index >= 15 is 0 Å². The summed E-state index contributed by atoms with van der Waals surface area (Å²) in [6, 6.07) is 12.3. The zero-order valence-electron chi connectivity index (χ0n) is 19.6. The molecule has 1 atom stereocenters. The maximum absolute atomic E-state index is 13.0. The zero-order chi connectivity index (χ0) is 25.1. The minimum atomic E-state index is -0.909.